The summed E-state index contributed by atoms with van der Waals surface area (Å²) in [5.41, 5.74) is 2.37. The van der Waals surface area contributed by atoms with Gasteiger partial charge in [-0.05, 0) is 44.4 Å². The molecule has 0 N–H and O–H groups in total. The Balaban J connectivity index is 1.72. The summed E-state index contributed by atoms with van der Waals surface area (Å²) in [6.45, 7) is 8.59. The highest BCUT2D eigenvalue weighted by Crippen LogP contribution is 2.18. The van der Waals surface area contributed by atoms with Gasteiger partial charge in [-0.2, -0.15) is 0 Å². The number of Topliss-reactive ketones (excluding diaryl/α,β-unsaturated/α-hetero) is 1. The topological polar surface area (TPSA) is 78.5 Å². The van der Waals surface area contributed by atoms with E-state index in [2.05, 4.69) is 18.4 Å². The van der Waals surface area contributed by atoms with Gasteiger partial charge in [0.2, 0.25) is 11.5 Å². The maximum atomic E-state index is 12.6. The molecule has 0 atom stereocenters. The Bertz CT molecular complexity index is 1120. The molecule has 0 saturated carbocycles. The van der Waals surface area contributed by atoms with E-state index in [1.165, 1.54) is 0 Å². The molecule has 152 valence electrons. The number of fused-ring (bicyclic) bond motifs is 1. The fourth-order valence-corrected chi connectivity index (χ4v) is 3.30. The number of benzene rings is 1. The van der Waals surface area contributed by atoms with Gasteiger partial charge in [-0.15, -0.1) is 0 Å². The third-order valence-electron chi connectivity index (χ3n) is 4.97. The number of carbonyl (C=O) groups is 2. The van der Waals surface area contributed by atoms with E-state index in [1.54, 1.807) is 24.3 Å². The zero-order valence-corrected chi connectivity index (χ0v) is 17.2. The van der Waals surface area contributed by atoms with Crippen molar-refractivity contribution in [3.8, 4) is 0 Å². The molecule has 0 aliphatic carbocycles. The lowest BCUT2D eigenvalue weighted by Crippen LogP contribution is -2.16. The molecule has 0 spiro atoms. The second-order valence-corrected chi connectivity index (χ2v) is 7.59. The largest absolute Gasteiger partial charge is 0.451 e. The molecule has 6 heteroatoms. The summed E-state index contributed by atoms with van der Waals surface area (Å²) in [5, 5.41) is 0.383. The summed E-state index contributed by atoms with van der Waals surface area (Å²) < 4.78 is 12.7. The Morgan fingerprint density at radius 2 is 1.86 bits per heavy atom. The fraction of sp³-hybridized carbons (Fsp3) is 0.348. The van der Waals surface area contributed by atoms with E-state index in [4.69, 9.17) is 9.15 Å². The number of hydrogen-bond acceptors (Lipinski definition) is 5. The summed E-state index contributed by atoms with van der Waals surface area (Å²) in [5.74, 6) is -0.781. The molecule has 2 aromatic heterocycles. The molecule has 0 unspecified atom stereocenters. The number of aromatic nitrogens is 1. The molecule has 6 nitrogen and oxygen atoms in total. The van der Waals surface area contributed by atoms with Gasteiger partial charge in [0.05, 0.1) is 5.39 Å². The van der Waals surface area contributed by atoms with Crippen molar-refractivity contribution in [1.82, 2.24) is 4.57 Å². The van der Waals surface area contributed by atoms with Crippen LogP contribution < -0.4 is 5.43 Å². The van der Waals surface area contributed by atoms with Gasteiger partial charge in [0.15, 0.2) is 12.0 Å². The molecule has 2 heterocycles. The molecule has 0 fully saturated rings. The zero-order chi connectivity index (χ0) is 21.1. The van der Waals surface area contributed by atoms with Crippen LogP contribution >= 0.6 is 0 Å². The molecule has 0 aliphatic rings. The standard InChI is InChI=1S/C23H25NO5/c1-14(2)9-10-24-15(3)11-18(16(24)4)20(26)13-28-23(27)22-12-19(25)17-7-5-6-8-21(17)29-22/h5-8,11-12,14H,9-10,13H2,1-4H3. The molecule has 0 amide bonds. The predicted octanol–water partition coefficient (Wildman–Crippen LogP) is 4.30. The number of para-hydroxylation sites is 1. The maximum absolute atomic E-state index is 12.6. The predicted molar refractivity (Wildman–Crippen MR) is 110 cm³/mol. The first-order valence-corrected chi connectivity index (χ1v) is 9.68. The van der Waals surface area contributed by atoms with E-state index in [0.29, 0.717) is 22.5 Å². The minimum Gasteiger partial charge on any atom is -0.451 e. The third-order valence-corrected chi connectivity index (χ3v) is 4.97. The molecule has 0 radical (unpaired) electrons. The van der Waals surface area contributed by atoms with E-state index < -0.39 is 12.6 Å². The van der Waals surface area contributed by atoms with Crippen LogP contribution in [0.5, 0.6) is 0 Å². The van der Waals surface area contributed by atoms with E-state index >= 15 is 0 Å². The van der Waals surface area contributed by atoms with Crippen molar-refractivity contribution in [3.05, 3.63) is 69.3 Å². The highest BCUT2D eigenvalue weighted by molar-refractivity contribution is 6.00. The number of ketones is 1. The molecule has 0 bridgehead atoms. The molecule has 29 heavy (non-hydrogen) atoms. The van der Waals surface area contributed by atoms with Gasteiger partial charge in [-0.3, -0.25) is 9.59 Å². The number of carbonyl (C=O) groups excluding carboxylic acids is 2. The number of hydrogen-bond donors (Lipinski definition) is 0. The van der Waals surface area contributed by atoms with Crippen molar-refractivity contribution >= 4 is 22.7 Å². The second kappa shape index (κ2) is 8.47. The summed E-state index contributed by atoms with van der Waals surface area (Å²) in [6.07, 6.45) is 1.01. The smallest absolute Gasteiger partial charge is 0.374 e. The lowest BCUT2D eigenvalue weighted by atomic mass is 10.1. The SMILES string of the molecule is Cc1cc(C(=O)COC(=O)c2cc(=O)c3ccccc3o2)c(C)n1CCC(C)C. The van der Waals surface area contributed by atoms with Crippen LogP contribution in [0.4, 0.5) is 0 Å². The summed E-state index contributed by atoms with van der Waals surface area (Å²) in [4.78, 5) is 37.0. The maximum Gasteiger partial charge on any atom is 0.374 e. The first-order valence-electron chi connectivity index (χ1n) is 9.68. The molecule has 3 aromatic rings. The van der Waals surface area contributed by atoms with Crippen LogP contribution in [0.3, 0.4) is 0 Å². The first kappa shape index (κ1) is 20.6. The van der Waals surface area contributed by atoms with Crippen LogP contribution in [-0.4, -0.2) is 22.9 Å². The molecule has 1 aromatic carbocycles. The van der Waals surface area contributed by atoms with Crippen molar-refractivity contribution < 1.29 is 18.7 Å². The minimum absolute atomic E-state index is 0.219. The van der Waals surface area contributed by atoms with Gasteiger partial charge in [-0.25, -0.2) is 4.79 Å². The van der Waals surface area contributed by atoms with Crippen molar-refractivity contribution in [3.63, 3.8) is 0 Å². The minimum atomic E-state index is -0.838. The monoisotopic (exact) mass is 395 g/mol. The van der Waals surface area contributed by atoms with E-state index in [0.717, 1.165) is 30.4 Å². The van der Waals surface area contributed by atoms with Crippen LogP contribution in [0.15, 0.2) is 45.6 Å². The highest BCUT2D eigenvalue weighted by atomic mass is 16.5. The zero-order valence-electron chi connectivity index (χ0n) is 17.2. The van der Waals surface area contributed by atoms with Crippen LogP contribution in [0, 0.1) is 19.8 Å². The van der Waals surface area contributed by atoms with Gasteiger partial charge in [0, 0.05) is 29.6 Å². The Morgan fingerprint density at radius 1 is 1.14 bits per heavy atom. The van der Waals surface area contributed by atoms with Crippen LogP contribution in [0.1, 0.15) is 52.6 Å². The number of aryl methyl sites for hydroxylation is 1. The van der Waals surface area contributed by atoms with Crippen molar-refractivity contribution in [1.29, 1.82) is 0 Å². The third kappa shape index (κ3) is 4.47. The van der Waals surface area contributed by atoms with Gasteiger partial charge in [0.25, 0.3) is 0 Å². The van der Waals surface area contributed by atoms with Gasteiger partial charge in [-0.1, -0.05) is 26.0 Å². The van der Waals surface area contributed by atoms with Gasteiger partial charge < -0.3 is 13.7 Å². The van der Waals surface area contributed by atoms with Gasteiger partial charge in [0.1, 0.15) is 5.58 Å². The normalized spacial score (nSPS) is 11.2. The van der Waals surface area contributed by atoms with E-state index in [9.17, 15) is 14.4 Å². The molecule has 3 rings (SSSR count). The lowest BCUT2D eigenvalue weighted by molar-refractivity contribution is 0.0444. The number of nitrogens with zero attached hydrogens (tertiary/aromatic N) is 1. The van der Waals surface area contributed by atoms with E-state index in [-0.39, 0.29) is 17.0 Å². The first-order chi connectivity index (χ1) is 13.8. The van der Waals surface area contributed by atoms with Crippen molar-refractivity contribution in [2.45, 2.75) is 40.7 Å². The Hall–Kier alpha value is -3.15. The summed E-state index contributed by atoms with van der Waals surface area (Å²) >= 11 is 0. The Morgan fingerprint density at radius 3 is 2.59 bits per heavy atom. The molecule has 0 saturated heterocycles. The second-order valence-electron chi connectivity index (χ2n) is 7.59. The van der Waals surface area contributed by atoms with E-state index in [1.807, 2.05) is 19.9 Å². The molecular weight excluding hydrogens is 370 g/mol. The number of ether oxygens (including phenoxy) is 1. The lowest BCUT2D eigenvalue weighted by Gasteiger charge is -2.11. The fourth-order valence-electron chi connectivity index (χ4n) is 3.30. The number of esters is 1. The summed E-state index contributed by atoms with van der Waals surface area (Å²) in [7, 11) is 0. The Kier molecular flexibility index (Phi) is 6.01. The van der Waals surface area contributed by atoms with Crippen molar-refractivity contribution in [2.24, 2.45) is 5.92 Å². The average molecular weight is 395 g/mol. The molecular formula is C23H25NO5. The van der Waals surface area contributed by atoms with Gasteiger partial charge >= 0.3 is 5.97 Å². The average Bonchev–Trinajstić information content (AvgIpc) is 2.97. The van der Waals surface area contributed by atoms with Crippen LogP contribution in [0.2, 0.25) is 0 Å². The molecule has 0 aliphatic heterocycles. The Labute approximate surface area is 169 Å². The quantitative estimate of drug-likeness (QED) is 0.440. The number of rotatable bonds is 7. The van der Waals surface area contributed by atoms with Crippen LogP contribution in [0.25, 0.3) is 11.0 Å². The summed E-state index contributed by atoms with van der Waals surface area (Å²) in [6, 6.07) is 9.56. The highest BCUT2D eigenvalue weighted by Gasteiger charge is 2.19. The van der Waals surface area contributed by atoms with Crippen molar-refractivity contribution in [2.75, 3.05) is 6.61 Å². The van der Waals surface area contributed by atoms with Crippen LogP contribution in [-0.2, 0) is 11.3 Å².